The lowest BCUT2D eigenvalue weighted by atomic mass is 10.1. The zero-order valence-corrected chi connectivity index (χ0v) is 16.5. The largest absolute Gasteiger partial charge is 0.481 e. The molecule has 0 heterocycles. The van der Waals surface area contributed by atoms with Gasteiger partial charge in [0.2, 0.25) is 0 Å². The van der Waals surface area contributed by atoms with Crippen LogP contribution in [0.25, 0.3) is 0 Å². The van der Waals surface area contributed by atoms with E-state index in [9.17, 15) is 4.79 Å². The lowest BCUT2D eigenvalue weighted by Crippen LogP contribution is -2.02. The van der Waals surface area contributed by atoms with Gasteiger partial charge in [0.05, 0.1) is 13.6 Å². The molecule has 6 heteroatoms. The van der Waals surface area contributed by atoms with E-state index in [1.54, 1.807) is 0 Å². The molecular weight excluding hydrogens is 597 g/mol. The Bertz CT molecular complexity index is 633. The molecule has 2 aromatic rings. The molecular formula is C14H9I3O3. The van der Waals surface area contributed by atoms with E-state index in [1.807, 2.05) is 36.4 Å². The van der Waals surface area contributed by atoms with E-state index in [4.69, 9.17) is 9.84 Å². The van der Waals surface area contributed by atoms with Crippen molar-refractivity contribution in [2.24, 2.45) is 0 Å². The van der Waals surface area contributed by atoms with Gasteiger partial charge in [-0.3, -0.25) is 4.79 Å². The fourth-order valence-electron chi connectivity index (χ4n) is 1.63. The van der Waals surface area contributed by atoms with Crippen LogP contribution in [0.2, 0.25) is 0 Å². The highest BCUT2D eigenvalue weighted by atomic mass is 127. The molecule has 2 aromatic carbocycles. The number of carboxylic acids is 1. The lowest BCUT2D eigenvalue weighted by Gasteiger charge is -2.12. The second-order valence-electron chi connectivity index (χ2n) is 4.02. The molecule has 0 spiro atoms. The number of ether oxygens (including phenoxy) is 1. The summed E-state index contributed by atoms with van der Waals surface area (Å²) in [5.41, 5.74) is 0.779. The van der Waals surface area contributed by atoms with Crippen LogP contribution in [-0.4, -0.2) is 11.1 Å². The first-order chi connectivity index (χ1) is 9.45. The third-order valence-electron chi connectivity index (χ3n) is 2.43. The molecule has 0 saturated heterocycles. The van der Waals surface area contributed by atoms with Crippen LogP contribution in [0.3, 0.4) is 0 Å². The molecule has 0 radical (unpaired) electrons. The molecule has 0 aliphatic carbocycles. The molecule has 3 nitrogen and oxygen atoms in total. The van der Waals surface area contributed by atoms with Crippen molar-refractivity contribution in [1.29, 1.82) is 0 Å². The minimum absolute atomic E-state index is 0.0233. The van der Waals surface area contributed by atoms with Gasteiger partial charge in [-0.1, -0.05) is 6.07 Å². The normalized spacial score (nSPS) is 10.3. The minimum atomic E-state index is -0.831. The van der Waals surface area contributed by atoms with Gasteiger partial charge in [0, 0.05) is 3.57 Å². The fraction of sp³-hybridized carbons (Fsp3) is 0.0714. The molecule has 0 bridgehead atoms. The number of halogens is 3. The van der Waals surface area contributed by atoms with Crippen molar-refractivity contribution in [3.8, 4) is 11.5 Å². The number of hydrogen-bond acceptors (Lipinski definition) is 2. The van der Waals surface area contributed by atoms with Gasteiger partial charge in [0.1, 0.15) is 5.75 Å². The van der Waals surface area contributed by atoms with E-state index in [1.165, 1.54) is 0 Å². The average molecular weight is 606 g/mol. The average Bonchev–Trinajstić information content (AvgIpc) is 2.33. The summed E-state index contributed by atoms with van der Waals surface area (Å²) < 4.78 is 8.83. The molecule has 0 aromatic heterocycles. The van der Waals surface area contributed by atoms with Gasteiger partial charge in [-0.15, -0.1) is 0 Å². The van der Waals surface area contributed by atoms with Crippen LogP contribution >= 0.6 is 67.8 Å². The highest BCUT2D eigenvalue weighted by Gasteiger charge is 2.12. The fourth-order valence-corrected chi connectivity index (χ4v) is 4.27. The molecule has 0 saturated carbocycles. The van der Waals surface area contributed by atoms with Crippen LogP contribution in [0.15, 0.2) is 36.4 Å². The van der Waals surface area contributed by atoms with Crippen LogP contribution < -0.4 is 4.74 Å². The third-order valence-corrected chi connectivity index (χ3v) is 4.70. The molecule has 0 aliphatic rings. The minimum Gasteiger partial charge on any atom is -0.481 e. The topological polar surface area (TPSA) is 46.5 Å². The summed E-state index contributed by atoms with van der Waals surface area (Å²) in [4.78, 5) is 10.8. The van der Waals surface area contributed by atoms with E-state index >= 15 is 0 Å². The summed E-state index contributed by atoms with van der Waals surface area (Å²) in [5.74, 6) is 0.712. The number of aliphatic carboxylic acids is 1. The van der Waals surface area contributed by atoms with Gasteiger partial charge in [0.15, 0.2) is 5.75 Å². The summed E-state index contributed by atoms with van der Waals surface area (Å²) in [7, 11) is 0. The maximum absolute atomic E-state index is 10.8. The van der Waals surface area contributed by atoms with Gasteiger partial charge in [-0.25, -0.2) is 0 Å². The predicted octanol–water partition coefficient (Wildman–Crippen LogP) is 4.92. The summed E-state index contributed by atoms with van der Waals surface area (Å²) in [6.45, 7) is 0. The van der Waals surface area contributed by atoms with Crippen LogP contribution in [0.1, 0.15) is 5.56 Å². The quantitative estimate of drug-likeness (QED) is 0.504. The number of rotatable bonds is 4. The molecule has 0 unspecified atom stereocenters. The summed E-state index contributed by atoms with van der Waals surface area (Å²) in [6, 6.07) is 11.5. The molecule has 20 heavy (non-hydrogen) atoms. The second kappa shape index (κ2) is 7.25. The SMILES string of the molecule is O=C(O)Cc1cc(I)c(Oc2cccc(I)c2)c(I)c1. The van der Waals surface area contributed by atoms with Gasteiger partial charge in [-0.2, -0.15) is 0 Å². The van der Waals surface area contributed by atoms with Crippen molar-refractivity contribution in [1.82, 2.24) is 0 Å². The maximum Gasteiger partial charge on any atom is 0.307 e. The van der Waals surface area contributed by atoms with Gasteiger partial charge in [0.25, 0.3) is 0 Å². The van der Waals surface area contributed by atoms with E-state index in [0.717, 1.165) is 27.8 Å². The Morgan fingerprint density at radius 1 is 1.10 bits per heavy atom. The first kappa shape index (κ1) is 16.3. The first-order valence-electron chi connectivity index (χ1n) is 5.59. The Morgan fingerprint density at radius 3 is 2.30 bits per heavy atom. The molecule has 0 fully saturated rings. The standard InChI is InChI=1S/C14H9I3O3/c15-9-2-1-3-10(7-9)20-14-11(16)4-8(5-12(14)17)6-13(18)19/h1-5,7H,6H2,(H,18,19). The lowest BCUT2D eigenvalue weighted by molar-refractivity contribution is -0.136. The monoisotopic (exact) mass is 606 g/mol. The summed E-state index contributed by atoms with van der Waals surface area (Å²) in [6.07, 6.45) is 0.0233. The summed E-state index contributed by atoms with van der Waals surface area (Å²) >= 11 is 6.57. The van der Waals surface area contributed by atoms with Crippen molar-refractivity contribution < 1.29 is 14.6 Å². The van der Waals surface area contributed by atoms with Crippen LogP contribution in [0.4, 0.5) is 0 Å². The Morgan fingerprint density at radius 2 is 1.75 bits per heavy atom. The smallest absolute Gasteiger partial charge is 0.307 e. The van der Waals surface area contributed by atoms with Gasteiger partial charge >= 0.3 is 5.97 Å². The zero-order chi connectivity index (χ0) is 14.7. The molecule has 0 aliphatic heterocycles. The summed E-state index contributed by atoms with van der Waals surface area (Å²) in [5, 5.41) is 8.85. The van der Waals surface area contributed by atoms with Gasteiger partial charge < -0.3 is 9.84 Å². The molecule has 2 rings (SSSR count). The zero-order valence-electron chi connectivity index (χ0n) is 10.1. The Hall–Kier alpha value is -0.100. The van der Waals surface area contributed by atoms with E-state index < -0.39 is 5.97 Å². The van der Waals surface area contributed by atoms with Crippen molar-refractivity contribution in [2.45, 2.75) is 6.42 Å². The Kier molecular flexibility index (Phi) is 5.90. The van der Waals surface area contributed by atoms with Crippen molar-refractivity contribution >= 4 is 73.7 Å². The number of benzene rings is 2. The molecule has 1 N–H and O–H groups in total. The van der Waals surface area contributed by atoms with Crippen molar-refractivity contribution in [3.05, 3.63) is 52.7 Å². The van der Waals surface area contributed by atoms with Crippen LogP contribution in [-0.2, 0) is 11.2 Å². The van der Waals surface area contributed by atoms with Crippen molar-refractivity contribution in [2.75, 3.05) is 0 Å². The van der Waals surface area contributed by atoms with Gasteiger partial charge in [-0.05, 0) is 104 Å². The first-order valence-corrected chi connectivity index (χ1v) is 8.82. The van der Waals surface area contributed by atoms with E-state index in [0.29, 0.717) is 0 Å². The van der Waals surface area contributed by atoms with E-state index in [-0.39, 0.29) is 6.42 Å². The highest BCUT2D eigenvalue weighted by molar-refractivity contribution is 14.1. The van der Waals surface area contributed by atoms with E-state index in [2.05, 4.69) is 67.8 Å². The molecule has 0 amide bonds. The molecule has 0 atom stereocenters. The third kappa shape index (κ3) is 4.45. The molecule has 104 valence electrons. The highest BCUT2D eigenvalue weighted by Crippen LogP contribution is 2.33. The number of carboxylic acid groups (broad SMARTS) is 1. The van der Waals surface area contributed by atoms with Crippen LogP contribution in [0, 0.1) is 10.7 Å². The Labute approximate surface area is 157 Å². The van der Waals surface area contributed by atoms with Crippen LogP contribution in [0.5, 0.6) is 11.5 Å². The maximum atomic E-state index is 10.8. The predicted molar refractivity (Wildman–Crippen MR) is 102 cm³/mol. The van der Waals surface area contributed by atoms with Crippen molar-refractivity contribution in [3.63, 3.8) is 0 Å². The Balaban J connectivity index is 2.31. The number of hydrogen-bond donors (Lipinski definition) is 1. The number of carbonyl (C=O) groups is 1. The second-order valence-corrected chi connectivity index (χ2v) is 7.59.